The first-order valence-electron chi connectivity index (χ1n) is 4.84. The summed E-state index contributed by atoms with van der Waals surface area (Å²) in [4.78, 5) is 17.7. The van der Waals surface area contributed by atoms with Gasteiger partial charge in [-0.2, -0.15) is 0 Å². The summed E-state index contributed by atoms with van der Waals surface area (Å²) in [5.74, 6) is 0.0965. The molecular weight excluding hydrogens is 176 g/mol. The molecule has 2 heterocycles. The lowest BCUT2D eigenvalue weighted by Gasteiger charge is -2.23. The summed E-state index contributed by atoms with van der Waals surface area (Å²) in [7, 11) is 2.09. The van der Waals surface area contributed by atoms with Crippen LogP contribution in [0, 0.1) is 0 Å². The van der Waals surface area contributed by atoms with Crippen molar-refractivity contribution in [2.24, 2.45) is 0 Å². The smallest absolute Gasteiger partial charge is 0.161 e. The molecule has 0 fully saturated rings. The van der Waals surface area contributed by atoms with E-state index in [1.54, 1.807) is 13.1 Å². The molecule has 0 aromatic carbocycles. The highest BCUT2D eigenvalue weighted by molar-refractivity contribution is 5.93. The van der Waals surface area contributed by atoms with Crippen molar-refractivity contribution in [2.45, 2.75) is 19.9 Å². The zero-order valence-electron chi connectivity index (χ0n) is 8.58. The fraction of sp³-hybridized carbons (Fsp3) is 0.455. The SMILES string of the molecule is CC(=O)c1cnc2c(c1)CCN(C)C2. The number of hydrogen-bond acceptors (Lipinski definition) is 3. The van der Waals surface area contributed by atoms with Crippen molar-refractivity contribution < 1.29 is 4.79 Å². The molecule has 0 aliphatic carbocycles. The van der Waals surface area contributed by atoms with Gasteiger partial charge in [-0.25, -0.2) is 0 Å². The van der Waals surface area contributed by atoms with Crippen molar-refractivity contribution in [1.29, 1.82) is 0 Å². The molecule has 0 radical (unpaired) electrons. The van der Waals surface area contributed by atoms with Crippen LogP contribution in [0.25, 0.3) is 0 Å². The molecule has 3 heteroatoms. The molecule has 1 aromatic rings. The van der Waals surface area contributed by atoms with Crippen LogP contribution < -0.4 is 0 Å². The van der Waals surface area contributed by atoms with Crippen LogP contribution in [-0.2, 0) is 13.0 Å². The third-order valence-electron chi connectivity index (χ3n) is 2.65. The summed E-state index contributed by atoms with van der Waals surface area (Å²) in [5.41, 5.74) is 3.08. The van der Waals surface area contributed by atoms with Gasteiger partial charge in [-0.1, -0.05) is 0 Å². The van der Waals surface area contributed by atoms with Crippen LogP contribution in [0.2, 0.25) is 0 Å². The average molecular weight is 190 g/mol. The van der Waals surface area contributed by atoms with E-state index < -0.39 is 0 Å². The third kappa shape index (κ3) is 1.68. The van der Waals surface area contributed by atoms with E-state index in [2.05, 4.69) is 16.9 Å². The standard InChI is InChI=1S/C11H14N2O/c1-8(14)10-5-9-3-4-13(2)7-11(9)12-6-10/h5-6H,3-4,7H2,1-2H3. The number of rotatable bonds is 1. The van der Waals surface area contributed by atoms with Gasteiger partial charge < -0.3 is 4.90 Å². The Morgan fingerprint density at radius 1 is 1.57 bits per heavy atom. The minimum absolute atomic E-state index is 0.0965. The van der Waals surface area contributed by atoms with E-state index in [1.165, 1.54) is 5.56 Å². The predicted octanol–water partition coefficient (Wildman–Crippen LogP) is 1.27. The van der Waals surface area contributed by atoms with Crippen LogP contribution in [0.1, 0.15) is 28.5 Å². The lowest BCUT2D eigenvalue weighted by molar-refractivity contribution is 0.101. The number of nitrogens with zero attached hydrogens (tertiary/aromatic N) is 2. The minimum Gasteiger partial charge on any atom is -0.300 e. The molecule has 0 bridgehead atoms. The summed E-state index contributed by atoms with van der Waals surface area (Å²) in [6.45, 7) is 3.53. The summed E-state index contributed by atoms with van der Waals surface area (Å²) in [6.07, 6.45) is 2.68. The molecule has 74 valence electrons. The second kappa shape index (κ2) is 3.50. The van der Waals surface area contributed by atoms with Gasteiger partial charge in [-0.3, -0.25) is 9.78 Å². The highest BCUT2D eigenvalue weighted by Gasteiger charge is 2.15. The van der Waals surface area contributed by atoms with Crippen LogP contribution in [0.4, 0.5) is 0 Å². The number of likely N-dealkylation sites (N-methyl/N-ethyl adjacent to an activating group) is 1. The monoisotopic (exact) mass is 190 g/mol. The Labute approximate surface area is 83.8 Å². The lowest BCUT2D eigenvalue weighted by Crippen LogP contribution is -2.27. The fourth-order valence-electron chi connectivity index (χ4n) is 1.74. The van der Waals surface area contributed by atoms with Crippen molar-refractivity contribution in [3.63, 3.8) is 0 Å². The zero-order chi connectivity index (χ0) is 10.1. The molecule has 0 N–H and O–H groups in total. The number of hydrogen-bond donors (Lipinski definition) is 0. The summed E-state index contributed by atoms with van der Waals surface area (Å²) in [5, 5.41) is 0. The minimum atomic E-state index is 0.0965. The first-order valence-corrected chi connectivity index (χ1v) is 4.84. The third-order valence-corrected chi connectivity index (χ3v) is 2.65. The van der Waals surface area contributed by atoms with E-state index in [0.717, 1.165) is 30.8 Å². The van der Waals surface area contributed by atoms with Crippen molar-refractivity contribution in [3.8, 4) is 0 Å². The molecule has 0 saturated heterocycles. The molecule has 1 aliphatic heterocycles. The number of pyridine rings is 1. The van der Waals surface area contributed by atoms with Gasteiger partial charge in [-0.15, -0.1) is 0 Å². The molecule has 2 rings (SSSR count). The average Bonchev–Trinajstić information content (AvgIpc) is 2.16. The van der Waals surface area contributed by atoms with Gasteiger partial charge in [0.05, 0.1) is 5.69 Å². The quantitative estimate of drug-likeness (QED) is 0.625. The van der Waals surface area contributed by atoms with Gasteiger partial charge in [0.2, 0.25) is 0 Å². The molecule has 0 amide bonds. The van der Waals surface area contributed by atoms with Gasteiger partial charge in [0.25, 0.3) is 0 Å². The maximum absolute atomic E-state index is 11.1. The molecule has 0 saturated carbocycles. The van der Waals surface area contributed by atoms with Crippen molar-refractivity contribution in [1.82, 2.24) is 9.88 Å². The van der Waals surface area contributed by atoms with E-state index >= 15 is 0 Å². The Hall–Kier alpha value is -1.22. The fourth-order valence-corrected chi connectivity index (χ4v) is 1.74. The highest BCUT2D eigenvalue weighted by Crippen LogP contribution is 2.16. The number of fused-ring (bicyclic) bond motifs is 1. The number of carbonyl (C=O) groups is 1. The van der Waals surface area contributed by atoms with Gasteiger partial charge in [0.1, 0.15) is 0 Å². The molecule has 1 aromatic heterocycles. The normalized spacial score (nSPS) is 16.4. The Morgan fingerprint density at radius 3 is 3.07 bits per heavy atom. The number of Topliss-reactive ketones (excluding diaryl/α,β-unsaturated/α-hetero) is 1. The van der Waals surface area contributed by atoms with Crippen molar-refractivity contribution in [2.75, 3.05) is 13.6 Å². The Bertz CT molecular complexity index is 374. The van der Waals surface area contributed by atoms with Gasteiger partial charge in [-0.05, 0) is 32.0 Å². The molecule has 14 heavy (non-hydrogen) atoms. The summed E-state index contributed by atoms with van der Waals surface area (Å²) < 4.78 is 0. The maximum Gasteiger partial charge on any atom is 0.161 e. The number of aromatic nitrogens is 1. The van der Waals surface area contributed by atoms with Crippen molar-refractivity contribution in [3.05, 3.63) is 29.1 Å². The number of ketones is 1. The second-order valence-corrected chi connectivity index (χ2v) is 3.87. The molecule has 1 aliphatic rings. The van der Waals surface area contributed by atoms with Gasteiger partial charge in [0, 0.05) is 24.8 Å². The van der Waals surface area contributed by atoms with Crippen LogP contribution in [0.15, 0.2) is 12.3 Å². The molecule has 0 unspecified atom stereocenters. The zero-order valence-corrected chi connectivity index (χ0v) is 8.58. The Kier molecular flexibility index (Phi) is 2.33. The van der Waals surface area contributed by atoms with Crippen LogP contribution >= 0.6 is 0 Å². The molecule has 0 spiro atoms. The highest BCUT2D eigenvalue weighted by atomic mass is 16.1. The summed E-state index contributed by atoms with van der Waals surface area (Å²) >= 11 is 0. The van der Waals surface area contributed by atoms with E-state index in [1.807, 2.05) is 6.07 Å². The van der Waals surface area contributed by atoms with Gasteiger partial charge >= 0.3 is 0 Å². The molecule has 3 nitrogen and oxygen atoms in total. The largest absolute Gasteiger partial charge is 0.300 e. The molecular formula is C11H14N2O. The van der Waals surface area contributed by atoms with Crippen LogP contribution in [-0.4, -0.2) is 29.3 Å². The van der Waals surface area contributed by atoms with Crippen LogP contribution in [0.3, 0.4) is 0 Å². The maximum atomic E-state index is 11.1. The molecule has 0 atom stereocenters. The lowest BCUT2D eigenvalue weighted by atomic mass is 10.0. The van der Waals surface area contributed by atoms with Crippen LogP contribution in [0.5, 0.6) is 0 Å². The first-order chi connectivity index (χ1) is 6.66. The second-order valence-electron chi connectivity index (χ2n) is 3.87. The van der Waals surface area contributed by atoms with Gasteiger partial charge in [0.15, 0.2) is 5.78 Å². The summed E-state index contributed by atoms with van der Waals surface area (Å²) in [6, 6.07) is 1.98. The number of carbonyl (C=O) groups excluding carboxylic acids is 1. The topological polar surface area (TPSA) is 33.2 Å². The van der Waals surface area contributed by atoms with E-state index in [9.17, 15) is 4.79 Å². The predicted molar refractivity (Wildman–Crippen MR) is 54.3 cm³/mol. The Balaban J connectivity index is 2.36. The van der Waals surface area contributed by atoms with E-state index in [4.69, 9.17) is 0 Å². The van der Waals surface area contributed by atoms with E-state index in [-0.39, 0.29) is 5.78 Å². The van der Waals surface area contributed by atoms with E-state index in [0.29, 0.717) is 0 Å². The van der Waals surface area contributed by atoms with Crippen molar-refractivity contribution >= 4 is 5.78 Å². The first kappa shape index (κ1) is 9.34. The Morgan fingerprint density at radius 2 is 2.36 bits per heavy atom.